The summed E-state index contributed by atoms with van der Waals surface area (Å²) in [7, 11) is 0. The number of rotatable bonds is 1. The minimum atomic E-state index is -0.628. The van der Waals surface area contributed by atoms with Crippen molar-refractivity contribution in [3.8, 4) is 0 Å². The van der Waals surface area contributed by atoms with Gasteiger partial charge in [-0.05, 0) is 32.1 Å². The molecule has 1 fully saturated rings. The Morgan fingerprint density at radius 1 is 1.70 bits per heavy atom. The van der Waals surface area contributed by atoms with E-state index in [4.69, 9.17) is 5.11 Å². The number of aliphatic carboxylic acids is 1. The summed E-state index contributed by atoms with van der Waals surface area (Å²) in [5, 5.41) is 8.79. The lowest BCUT2D eigenvalue weighted by Gasteiger charge is -2.16. The van der Waals surface area contributed by atoms with Gasteiger partial charge in [0.1, 0.15) is 0 Å². The summed E-state index contributed by atoms with van der Waals surface area (Å²) in [5.74, 6) is -0.0297. The molecule has 0 heterocycles. The summed E-state index contributed by atoms with van der Waals surface area (Å²) >= 11 is 0. The highest BCUT2D eigenvalue weighted by molar-refractivity contribution is 5.74. The lowest BCUT2D eigenvalue weighted by atomic mass is 9.88. The Bertz CT molecular complexity index is 153. The Morgan fingerprint density at radius 2 is 2.30 bits per heavy atom. The van der Waals surface area contributed by atoms with E-state index in [1.165, 1.54) is 0 Å². The molecule has 10 heavy (non-hydrogen) atoms. The monoisotopic (exact) mass is 142 g/mol. The molecule has 0 unspecified atom stereocenters. The summed E-state index contributed by atoms with van der Waals surface area (Å²) < 4.78 is 0. The summed E-state index contributed by atoms with van der Waals surface area (Å²) in [6, 6.07) is 0. The normalized spacial score (nSPS) is 40.0. The number of carboxylic acid groups (broad SMARTS) is 1. The Morgan fingerprint density at radius 3 is 2.50 bits per heavy atom. The molecule has 0 aromatic rings. The van der Waals surface area contributed by atoms with Crippen LogP contribution in [0, 0.1) is 11.3 Å². The van der Waals surface area contributed by atoms with Crippen LogP contribution in [-0.4, -0.2) is 11.1 Å². The maximum atomic E-state index is 10.7. The zero-order chi connectivity index (χ0) is 7.78. The van der Waals surface area contributed by atoms with Crippen molar-refractivity contribution >= 4 is 5.97 Å². The average Bonchev–Trinajstić information content (AvgIpc) is 2.13. The smallest absolute Gasteiger partial charge is 0.309 e. The van der Waals surface area contributed by atoms with Gasteiger partial charge in [0, 0.05) is 0 Å². The molecule has 58 valence electrons. The minimum Gasteiger partial charge on any atom is -0.481 e. The molecule has 0 aromatic heterocycles. The standard InChI is InChI=1S/C8H14O2/c1-6-3-4-8(2,5-6)7(9)10/h6H,3-5H2,1-2H3,(H,9,10)/t6-,8+/m0/s1. The molecule has 0 saturated heterocycles. The topological polar surface area (TPSA) is 37.3 Å². The van der Waals surface area contributed by atoms with Gasteiger partial charge in [-0.25, -0.2) is 0 Å². The third-order valence-electron chi connectivity index (χ3n) is 2.50. The highest BCUT2D eigenvalue weighted by Crippen LogP contribution is 2.41. The van der Waals surface area contributed by atoms with Crippen molar-refractivity contribution in [2.24, 2.45) is 11.3 Å². The van der Waals surface area contributed by atoms with Crippen LogP contribution in [0.1, 0.15) is 33.1 Å². The molecule has 1 N–H and O–H groups in total. The van der Waals surface area contributed by atoms with E-state index in [0.717, 1.165) is 19.3 Å². The Hall–Kier alpha value is -0.530. The number of carbonyl (C=O) groups is 1. The van der Waals surface area contributed by atoms with Gasteiger partial charge in [-0.15, -0.1) is 0 Å². The molecule has 0 aromatic carbocycles. The van der Waals surface area contributed by atoms with E-state index in [1.54, 1.807) is 0 Å². The molecule has 2 nitrogen and oxygen atoms in total. The van der Waals surface area contributed by atoms with Gasteiger partial charge < -0.3 is 5.11 Å². The lowest BCUT2D eigenvalue weighted by Crippen LogP contribution is -2.23. The van der Waals surface area contributed by atoms with E-state index in [2.05, 4.69) is 6.92 Å². The first-order chi connectivity index (χ1) is 4.54. The number of hydrogen-bond donors (Lipinski definition) is 1. The van der Waals surface area contributed by atoms with Crippen LogP contribution in [0.5, 0.6) is 0 Å². The quantitative estimate of drug-likeness (QED) is 0.607. The SMILES string of the molecule is C[C@H]1CC[C@@](C)(C(=O)O)C1. The first kappa shape index (κ1) is 7.58. The second kappa shape index (κ2) is 2.26. The predicted octanol–water partition coefficient (Wildman–Crippen LogP) is 1.90. The Balaban J connectivity index is 2.63. The predicted molar refractivity (Wildman–Crippen MR) is 38.8 cm³/mol. The summed E-state index contributed by atoms with van der Waals surface area (Å²) in [4.78, 5) is 10.7. The third-order valence-corrected chi connectivity index (χ3v) is 2.50. The molecule has 2 atom stereocenters. The summed E-state index contributed by atoms with van der Waals surface area (Å²) in [5.41, 5.74) is -0.417. The first-order valence-corrected chi connectivity index (χ1v) is 3.78. The minimum absolute atomic E-state index is 0.417. The van der Waals surface area contributed by atoms with Crippen LogP contribution >= 0.6 is 0 Å². The van der Waals surface area contributed by atoms with Crippen molar-refractivity contribution in [3.63, 3.8) is 0 Å². The van der Waals surface area contributed by atoms with Crippen molar-refractivity contribution in [1.29, 1.82) is 0 Å². The van der Waals surface area contributed by atoms with Crippen LogP contribution in [0.4, 0.5) is 0 Å². The third kappa shape index (κ3) is 1.15. The van der Waals surface area contributed by atoms with Gasteiger partial charge in [0.15, 0.2) is 0 Å². The van der Waals surface area contributed by atoms with Crippen molar-refractivity contribution in [3.05, 3.63) is 0 Å². The zero-order valence-electron chi connectivity index (χ0n) is 6.55. The van der Waals surface area contributed by atoms with E-state index in [9.17, 15) is 4.79 Å². The maximum Gasteiger partial charge on any atom is 0.309 e. The molecule has 0 amide bonds. The van der Waals surface area contributed by atoms with Gasteiger partial charge in [-0.1, -0.05) is 6.92 Å². The van der Waals surface area contributed by atoms with E-state index in [-0.39, 0.29) is 0 Å². The molecular weight excluding hydrogens is 128 g/mol. The molecule has 1 aliphatic carbocycles. The molecule has 1 saturated carbocycles. The maximum absolute atomic E-state index is 10.7. The van der Waals surface area contributed by atoms with Crippen LogP contribution in [-0.2, 0) is 4.79 Å². The second-order valence-electron chi connectivity index (χ2n) is 3.71. The fourth-order valence-electron chi connectivity index (χ4n) is 1.73. The first-order valence-electron chi connectivity index (χ1n) is 3.78. The fraction of sp³-hybridized carbons (Fsp3) is 0.875. The van der Waals surface area contributed by atoms with Gasteiger partial charge in [-0.2, -0.15) is 0 Å². The van der Waals surface area contributed by atoms with Crippen LogP contribution < -0.4 is 0 Å². The Labute approximate surface area is 61.2 Å². The van der Waals surface area contributed by atoms with E-state index >= 15 is 0 Å². The van der Waals surface area contributed by atoms with Gasteiger partial charge in [0.2, 0.25) is 0 Å². The molecule has 2 heteroatoms. The molecular formula is C8H14O2. The van der Waals surface area contributed by atoms with Crippen LogP contribution in [0.2, 0.25) is 0 Å². The highest BCUT2D eigenvalue weighted by atomic mass is 16.4. The van der Waals surface area contributed by atoms with E-state index in [1.807, 2.05) is 6.92 Å². The summed E-state index contributed by atoms with van der Waals surface area (Å²) in [6.07, 6.45) is 2.77. The largest absolute Gasteiger partial charge is 0.481 e. The second-order valence-corrected chi connectivity index (χ2v) is 3.71. The van der Waals surface area contributed by atoms with Gasteiger partial charge in [-0.3, -0.25) is 4.79 Å². The average molecular weight is 142 g/mol. The van der Waals surface area contributed by atoms with Crippen molar-refractivity contribution in [2.45, 2.75) is 33.1 Å². The van der Waals surface area contributed by atoms with Crippen LogP contribution in [0.25, 0.3) is 0 Å². The van der Waals surface area contributed by atoms with Crippen molar-refractivity contribution in [1.82, 2.24) is 0 Å². The molecule has 0 bridgehead atoms. The highest BCUT2D eigenvalue weighted by Gasteiger charge is 2.39. The van der Waals surface area contributed by atoms with E-state index < -0.39 is 11.4 Å². The fourth-order valence-corrected chi connectivity index (χ4v) is 1.73. The molecule has 0 radical (unpaired) electrons. The summed E-state index contributed by atoms with van der Waals surface area (Å²) in [6.45, 7) is 3.97. The van der Waals surface area contributed by atoms with Gasteiger partial charge in [0.25, 0.3) is 0 Å². The Kier molecular flexibility index (Phi) is 1.71. The molecule has 1 rings (SSSR count). The molecule has 1 aliphatic rings. The van der Waals surface area contributed by atoms with Crippen LogP contribution in [0.3, 0.4) is 0 Å². The zero-order valence-corrected chi connectivity index (χ0v) is 6.55. The number of hydrogen-bond acceptors (Lipinski definition) is 1. The van der Waals surface area contributed by atoms with Gasteiger partial charge >= 0.3 is 5.97 Å². The van der Waals surface area contributed by atoms with Gasteiger partial charge in [0.05, 0.1) is 5.41 Å². The lowest BCUT2D eigenvalue weighted by molar-refractivity contribution is -0.147. The number of carboxylic acids is 1. The molecule has 0 spiro atoms. The van der Waals surface area contributed by atoms with Crippen molar-refractivity contribution < 1.29 is 9.90 Å². The van der Waals surface area contributed by atoms with Crippen LogP contribution in [0.15, 0.2) is 0 Å². The van der Waals surface area contributed by atoms with E-state index in [0.29, 0.717) is 5.92 Å². The van der Waals surface area contributed by atoms with Crippen molar-refractivity contribution in [2.75, 3.05) is 0 Å². The molecule has 0 aliphatic heterocycles.